The molecule has 17 unspecified atom stereocenters. The van der Waals surface area contributed by atoms with Gasteiger partial charge in [0.1, 0.15) is 73.2 Å². The number of hydrogen-bond acceptors (Lipinski definition) is 18. The zero-order chi connectivity index (χ0) is 54.1. The second-order valence-corrected chi connectivity index (χ2v) is 21.5. The van der Waals surface area contributed by atoms with Gasteiger partial charge >= 0.3 is 0 Å². The van der Waals surface area contributed by atoms with E-state index in [1.54, 1.807) is 0 Å². The van der Waals surface area contributed by atoms with Crippen molar-refractivity contribution in [3.8, 4) is 0 Å². The Morgan fingerprint density at radius 2 is 0.770 bits per heavy atom. The Hall–Kier alpha value is -1.21. The normalized spacial score (nSPS) is 31.4. The van der Waals surface area contributed by atoms with E-state index in [1.807, 2.05) is 0 Å². The van der Waals surface area contributed by atoms with Crippen LogP contribution in [-0.2, 0) is 33.2 Å². The molecule has 0 spiro atoms. The van der Waals surface area contributed by atoms with E-state index in [0.717, 1.165) is 51.4 Å². The lowest BCUT2D eigenvalue weighted by molar-refractivity contribution is -0.379. The van der Waals surface area contributed by atoms with Crippen LogP contribution in [0.4, 0.5) is 0 Å². The van der Waals surface area contributed by atoms with E-state index in [9.17, 15) is 61.0 Å². The first-order valence-corrected chi connectivity index (χ1v) is 29.3. The zero-order valence-corrected chi connectivity index (χ0v) is 45.3. The number of nitrogens with one attached hydrogen (secondary N) is 1. The van der Waals surface area contributed by atoms with Crippen molar-refractivity contribution >= 4 is 5.91 Å². The van der Waals surface area contributed by atoms with Crippen molar-refractivity contribution in [2.75, 3.05) is 26.4 Å². The second-order valence-electron chi connectivity index (χ2n) is 21.5. The molecule has 3 fully saturated rings. The Balaban J connectivity index is 1.39. The molecule has 19 nitrogen and oxygen atoms in total. The maximum Gasteiger partial charge on any atom is 0.220 e. The third kappa shape index (κ3) is 24.4. The van der Waals surface area contributed by atoms with E-state index in [-0.39, 0.29) is 18.9 Å². The van der Waals surface area contributed by atoms with Crippen molar-refractivity contribution in [3.63, 3.8) is 0 Å². The molecule has 12 N–H and O–H groups in total. The monoisotopic (exact) mass is 1070 g/mol. The minimum atomic E-state index is -1.97. The van der Waals surface area contributed by atoms with Crippen LogP contribution in [0.3, 0.4) is 0 Å². The molecule has 0 aliphatic carbocycles. The van der Waals surface area contributed by atoms with E-state index >= 15 is 0 Å². The van der Waals surface area contributed by atoms with Gasteiger partial charge in [0.2, 0.25) is 5.91 Å². The molecule has 0 bridgehead atoms. The van der Waals surface area contributed by atoms with Crippen LogP contribution >= 0.6 is 0 Å². The quantitative estimate of drug-likeness (QED) is 0.0376. The lowest BCUT2D eigenvalue weighted by Gasteiger charge is -2.48. The molecule has 3 saturated heterocycles. The average Bonchev–Trinajstić information content (AvgIpc) is 3.39. The van der Waals surface area contributed by atoms with Crippen LogP contribution in [0, 0.1) is 0 Å². The van der Waals surface area contributed by atoms with Gasteiger partial charge in [-0.3, -0.25) is 4.79 Å². The first-order valence-electron chi connectivity index (χ1n) is 29.3. The van der Waals surface area contributed by atoms with E-state index < -0.39 is 124 Å². The molecule has 0 radical (unpaired) electrons. The van der Waals surface area contributed by atoms with Gasteiger partial charge in [-0.25, -0.2) is 0 Å². The molecule has 19 heteroatoms. The van der Waals surface area contributed by atoms with Gasteiger partial charge in [-0.15, -0.1) is 0 Å². The van der Waals surface area contributed by atoms with Crippen LogP contribution < -0.4 is 5.32 Å². The molecule has 3 heterocycles. The molecule has 3 aliphatic heterocycles. The van der Waals surface area contributed by atoms with Gasteiger partial charge in [-0.2, -0.15) is 0 Å². The molecule has 74 heavy (non-hydrogen) atoms. The summed E-state index contributed by atoms with van der Waals surface area (Å²) in [5, 5.41) is 120. The SMILES string of the molecule is CCCCCCCCCCCCCCCCCCCCCCCCCCC(O)C(COC1OC(CO)C(OC2OC(CO)C(OC3OC(CO)C(O)C(O)C3O)C(O)C2O)C(O)C1O)NC(=O)CCCCCCC. The summed E-state index contributed by atoms with van der Waals surface area (Å²) in [4.78, 5) is 13.1. The summed E-state index contributed by atoms with van der Waals surface area (Å²) < 4.78 is 34.1. The van der Waals surface area contributed by atoms with Crippen molar-refractivity contribution in [3.05, 3.63) is 0 Å². The summed E-state index contributed by atoms with van der Waals surface area (Å²) in [7, 11) is 0. The first kappa shape index (κ1) is 67.1. The highest BCUT2D eigenvalue weighted by Crippen LogP contribution is 2.33. The van der Waals surface area contributed by atoms with Gasteiger partial charge in [0, 0.05) is 6.42 Å². The summed E-state index contributed by atoms with van der Waals surface area (Å²) in [6, 6.07) is -0.877. The second kappa shape index (κ2) is 40.0. The topological polar surface area (TPSA) is 307 Å². The average molecular weight is 1070 g/mol. The number of rotatable bonds is 43. The van der Waals surface area contributed by atoms with Crippen molar-refractivity contribution in [1.29, 1.82) is 0 Å². The Kier molecular flexibility index (Phi) is 36.3. The van der Waals surface area contributed by atoms with E-state index in [0.29, 0.717) is 12.8 Å². The largest absolute Gasteiger partial charge is 0.394 e. The Morgan fingerprint density at radius 3 is 1.18 bits per heavy atom. The third-order valence-corrected chi connectivity index (χ3v) is 15.2. The fourth-order valence-electron chi connectivity index (χ4n) is 10.3. The van der Waals surface area contributed by atoms with Crippen LogP contribution in [0.2, 0.25) is 0 Å². The fraction of sp³-hybridized carbons (Fsp3) is 0.982. The maximum atomic E-state index is 13.1. The van der Waals surface area contributed by atoms with E-state index in [4.69, 9.17) is 28.4 Å². The van der Waals surface area contributed by atoms with Crippen molar-refractivity contribution < 1.29 is 89.4 Å². The minimum absolute atomic E-state index is 0.254. The van der Waals surface area contributed by atoms with Gasteiger partial charge < -0.3 is 89.9 Å². The molecule has 17 atom stereocenters. The van der Waals surface area contributed by atoms with Crippen molar-refractivity contribution in [2.45, 2.75) is 317 Å². The molecule has 0 aromatic carbocycles. The molecule has 1 amide bonds. The number of hydrogen-bond donors (Lipinski definition) is 12. The molecule has 3 aliphatic rings. The van der Waals surface area contributed by atoms with Crippen LogP contribution in [0.1, 0.15) is 213 Å². The molecule has 438 valence electrons. The van der Waals surface area contributed by atoms with E-state index in [1.165, 1.54) is 128 Å². The molecule has 0 aromatic heterocycles. The Morgan fingerprint density at radius 1 is 0.432 bits per heavy atom. The minimum Gasteiger partial charge on any atom is -0.394 e. The molecule has 0 saturated carbocycles. The molecule has 0 aromatic rings. The first-order chi connectivity index (χ1) is 35.8. The summed E-state index contributed by atoms with van der Waals surface area (Å²) >= 11 is 0. The number of aliphatic hydroxyl groups is 11. The number of carbonyl (C=O) groups excluding carboxylic acids is 1. The van der Waals surface area contributed by atoms with Crippen molar-refractivity contribution in [2.24, 2.45) is 0 Å². The summed E-state index contributed by atoms with van der Waals surface area (Å²) in [6.45, 7) is 1.69. The Bertz CT molecular complexity index is 1370. The number of carbonyl (C=O) groups is 1. The zero-order valence-electron chi connectivity index (χ0n) is 45.3. The Labute approximate surface area is 443 Å². The number of amides is 1. The number of aliphatic hydroxyl groups excluding tert-OH is 11. The standard InChI is InChI=1S/C55H105NO18/c1-3-5-7-9-10-11-12-13-14-15-16-17-18-19-20-21-22-23-24-25-26-27-29-30-32-39(60)38(56-43(61)33-31-28-8-6-4-2)37-69-53-49(67)46(64)51(41(35-58)71-53)74-55-50(68)47(65)52(42(36-59)72-55)73-54-48(66)45(63)44(62)40(34-57)70-54/h38-42,44-55,57-60,62-68H,3-37H2,1-2H3,(H,56,61). The molecular weight excluding hydrogens is 963 g/mol. The van der Waals surface area contributed by atoms with Gasteiger partial charge in [0.05, 0.1) is 38.6 Å². The fourth-order valence-corrected chi connectivity index (χ4v) is 10.3. The molecular formula is C55H105NO18. The number of ether oxygens (including phenoxy) is 6. The lowest BCUT2D eigenvalue weighted by atomic mass is 9.96. The van der Waals surface area contributed by atoms with Crippen LogP contribution in [0.15, 0.2) is 0 Å². The van der Waals surface area contributed by atoms with Gasteiger partial charge in [0.25, 0.3) is 0 Å². The highest BCUT2D eigenvalue weighted by molar-refractivity contribution is 5.76. The molecule has 3 rings (SSSR count). The van der Waals surface area contributed by atoms with Crippen molar-refractivity contribution in [1.82, 2.24) is 5.32 Å². The smallest absolute Gasteiger partial charge is 0.220 e. The van der Waals surface area contributed by atoms with Gasteiger partial charge in [-0.05, 0) is 12.8 Å². The van der Waals surface area contributed by atoms with Gasteiger partial charge in [-0.1, -0.05) is 194 Å². The maximum absolute atomic E-state index is 13.1. The summed E-state index contributed by atoms with van der Waals surface area (Å²) in [5.41, 5.74) is 0. The van der Waals surface area contributed by atoms with Gasteiger partial charge in [0.15, 0.2) is 18.9 Å². The van der Waals surface area contributed by atoms with Crippen LogP contribution in [0.25, 0.3) is 0 Å². The highest BCUT2D eigenvalue weighted by Gasteiger charge is 2.53. The predicted molar refractivity (Wildman–Crippen MR) is 277 cm³/mol. The summed E-state index contributed by atoms with van der Waals surface area (Å²) in [6.07, 6.45) is 9.89. The third-order valence-electron chi connectivity index (χ3n) is 15.2. The number of unbranched alkanes of at least 4 members (excludes halogenated alkanes) is 27. The predicted octanol–water partition coefficient (Wildman–Crippen LogP) is 4.43. The van der Waals surface area contributed by atoms with E-state index in [2.05, 4.69) is 19.2 Å². The summed E-state index contributed by atoms with van der Waals surface area (Å²) in [5.74, 6) is -0.254. The lowest BCUT2D eigenvalue weighted by Crippen LogP contribution is -2.66. The van der Waals surface area contributed by atoms with Crippen LogP contribution in [-0.4, -0.2) is 193 Å². The van der Waals surface area contributed by atoms with Crippen LogP contribution in [0.5, 0.6) is 0 Å². The highest BCUT2D eigenvalue weighted by atomic mass is 16.8.